The summed E-state index contributed by atoms with van der Waals surface area (Å²) in [5.41, 5.74) is 1.30. The molecule has 0 spiro atoms. The number of nitrogens with zero attached hydrogens (tertiary/aromatic N) is 4. The van der Waals surface area contributed by atoms with E-state index in [9.17, 15) is 13.2 Å². The van der Waals surface area contributed by atoms with Crippen LogP contribution in [0.2, 0.25) is 5.02 Å². The normalized spacial score (nSPS) is 18.0. The van der Waals surface area contributed by atoms with Crippen LogP contribution in [0.15, 0.2) is 47.4 Å². The Morgan fingerprint density at radius 1 is 1.03 bits per heavy atom. The van der Waals surface area contributed by atoms with E-state index in [2.05, 4.69) is 15.1 Å². The number of para-hydroxylation sites is 1. The number of anilines is 1. The fourth-order valence-corrected chi connectivity index (χ4v) is 7.07. The predicted molar refractivity (Wildman–Crippen MR) is 142 cm³/mol. The van der Waals surface area contributed by atoms with Crippen LogP contribution in [0.5, 0.6) is 0 Å². The maximum atomic E-state index is 12.7. The molecule has 1 amide bonds. The van der Waals surface area contributed by atoms with Crippen molar-refractivity contribution in [3.8, 4) is 0 Å². The van der Waals surface area contributed by atoms with Crippen LogP contribution in [0.25, 0.3) is 10.2 Å². The van der Waals surface area contributed by atoms with Gasteiger partial charge in [0.2, 0.25) is 10.0 Å². The van der Waals surface area contributed by atoms with E-state index >= 15 is 0 Å². The Labute approximate surface area is 219 Å². The third-order valence-electron chi connectivity index (χ3n) is 6.44. The number of halogens is 1. The molecule has 0 saturated carbocycles. The van der Waals surface area contributed by atoms with Crippen molar-refractivity contribution in [3.05, 3.63) is 53.1 Å². The molecule has 36 heavy (non-hydrogen) atoms. The molecule has 2 saturated heterocycles. The summed E-state index contributed by atoms with van der Waals surface area (Å²) in [6, 6.07) is 12.0. The number of morpholine rings is 1. The minimum atomic E-state index is -3.57. The van der Waals surface area contributed by atoms with Crippen LogP contribution < -0.4 is 10.2 Å². The number of ether oxygens (including phenoxy) is 1. The summed E-state index contributed by atoms with van der Waals surface area (Å²) in [4.78, 5) is 22.1. The van der Waals surface area contributed by atoms with Crippen molar-refractivity contribution in [2.24, 2.45) is 0 Å². The Kier molecular flexibility index (Phi) is 7.75. The van der Waals surface area contributed by atoms with Gasteiger partial charge in [0.15, 0.2) is 5.13 Å². The Bertz CT molecular complexity index is 1320. The molecule has 12 heteroatoms. The number of carbonyl (C=O) groups is 1. The largest absolute Gasteiger partial charge is 0.379 e. The lowest BCUT2D eigenvalue weighted by Gasteiger charge is -2.34. The number of nitrogens with one attached hydrogen (secondary N) is 1. The summed E-state index contributed by atoms with van der Waals surface area (Å²) >= 11 is 7.93. The fraction of sp³-hybridized carbons (Fsp3) is 0.417. The highest BCUT2D eigenvalue weighted by Crippen LogP contribution is 2.33. The van der Waals surface area contributed by atoms with Crippen LogP contribution in [0.3, 0.4) is 0 Å². The van der Waals surface area contributed by atoms with Crippen LogP contribution >= 0.6 is 22.9 Å². The van der Waals surface area contributed by atoms with E-state index in [1.165, 1.54) is 16.4 Å². The fourth-order valence-electron chi connectivity index (χ4n) is 4.35. The lowest BCUT2D eigenvalue weighted by Crippen LogP contribution is -2.48. The first-order chi connectivity index (χ1) is 17.4. The maximum absolute atomic E-state index is 12.7. The van der Waals surface area contributed by atoms with Gasteiger partial charge in [0.1, 0.15) is 5.52 Å². The highest BCUT2D eigenvalue weighted by Gasteiger charge is 2.26. The zero-order chi connectivity index (χ0) is 25.1. The summed E-state index contributed by atoms with van der Waals surface area (Å²) in [5.74, 6) is -0.213. The summed E-state index contributed by atoms with van der Waals surface area (Å²) in [6.07, 6.45) is 0. The first-order valence-corrected chi connectivity index (χ1v) is 14.5. The van der Waals surface area contributed by atoms with Crippen LogP contribution in [-0.4, -0.2) is 94.1 Å². The number of hydrogen-bond acceptors (Lipinski definition) is 8. The predicted octanol–water partition coefficient (Wildman–Crippen LogP) is 2.52. The van der Waals surface area contributed by atoms with E-state index in [0.717, 1.165) is 48.1 Å². The minimum absolute atomic E-state index is 0.189. The number of benzene rings is 2. The van der Waals surface area contributed by atoms with Crippen LogP contribution in [0.1, 0.15) is 10.4 Å². The second-order valence-electron chi connectivity index (χ2n) is 8.71. The van der Waals surface area contributed by atoms with Gasteiger partial charge < -0.3 is 15.0 Å². The van der Waals surface area contributed by atoms with Gasteiger partial charge in [0.05, 0.1) is 27.8 Å². The Hall–Kier alpha value is -2.28. The molecule has 192 valence electrons. The number of fused-ring (bicyclic) bond motifs is 1. The monoisotopic (exact) mass is 549 g/mol. The molecule has 2 aliphatic heterocycles. The van der Waals surface area contributed by atoms with Crippen LogP contribution in [0.4, 0.5) is 5.13 Å². The zero-order valence-electron chi connectivity index (χ0n) is 19.7. The van der Waals surface area contributed by atoms with Gasteiger partial charge in [-0.15, -0.1) is 0 Å². The summed E-state index contributed by atoms with van der Waals surface area (Å²) in [7, 11) is -3.57. The molecule has 2 aromatic carbocycles. The van der Waals surface area contributed by atoms with Gasteiger partial charge in [0, 0.05) is 57.9 Å². The number of amides is 1. The van der Waals surface area contributed by atoms with Crippen molar-refractivity contribution >= 4 is 54.2 Å². The molecule has 0 atom stereocenters. The highest BCUT2D eigenvalue weighted by molar-refractivity contribution is 7.89. The second-order valence-corrected chi connectivity index (χ2v) is 12.1. The molecule has 0 radical (unpaired) electrons. The van der Waals surface area contributed by atoms with Crippen LogP contribution in [-0.2, 0) is 14.8 Å². The molecule has 0 bridgehead atoms. The zero-order valence-corrected chi connectivity index (χ0v) is 22.1. The van der Waals surface area contributed by atoms with Gasteiger partial charge in [-0.05, 0) is 36.4 Å². The van der Waals surface area contributed by atoms with E-state index in [1.54, 1.807) is 23.5 Å². The van der Waals surface area contributed by atoms with Crippen molar-refractivity contribution in [2.45, 2.75) is 4.90 Å². The number of aromatic nitrogens is 1. The number of rotatable bonds is 7. The number of carbonyl (C=O) groups excluding carboxylic acids is 1. The molecule has 2 fully saturated rings. The Balaban J connectivity index is 1.08. The quantitative estimate of drug-likeness (QED) is 0.484. The SMILES string of the molecule is O=C(NCCN1CCN(c2nc3c(Cl)cccc3s2)CC1)c1ccc(S(=O)(=O)N2CCOCC2)cc1. The van der Waals surface area contributed by atoms with E-state index < -0.39 is 10.0 Å². The first-order valence-electron chi connectivity index (χ1n) is 11.9. The molecular weight excluding hydrogens is 522 g/mol. The average molecular weight is 550 g/mol. The van der Waals surface area contributed by atoms with Crippen molar-refractivity contribution in [1.82, 2.24) is 19.5 Å². The van der Waals surface area contributed by atoms with Crippen molar-refractivity contribution in [1.29, 1.82) is 0 Å². The Morgan fingerprint density at radius 2 is 1.75 bits per heavy atom. The minimum Gasteiger partial charge on any atom is -0.379 e. The average Bonchev–Trinajstić information content (AvgIpc) is 3.35. The van der Waals surface area contributed by atoms with Gasteiger partial charge >= 0.3 is 0 Å². The van der Waals surface area contributed by atoms with Gasteiger partial charge in [-0.3, -0.25) is 9.69 Å². The molecule has 1 aromatic heterocycles. The number of thiazole rings is 1. The van der Waals surface area contributed by atoms with E-state index in [0.29, 0.717) is 43.4 Å². The van der Waals surface area contributed by atoms with Crippen molar-refractivity contribution < 1.29 is 17.9 Å². The van der Waals surface area contributed by atoms with Gasteiger partial charge in [-0.25, -0.2) is 13.4 Å². The van der Waals surface area contributed by atoms with Gasteiger partial charge in [0.25, 0.3) is 5.91 Å². The molecule has 0 aliphatic carbocycles. The van der Waals surface area contributed by atoms with E-state index in [4.69, 9.17) is 21.3 Å². The number of hydrogen-bond donors (Lipinski definition) is 1. The summed E-state index contributed by atoms with van der Waals surface area (Å²) < 4.78 is 33.2. The highest BCUT2D eigenvalue weighted by atomic mass is 35.5. The molecule has 2 aliphatic rings. The van der Waals surface area contributed by atoms with E-state index in [1.807, 2.05) is 18.2 Å². The van der Waals surface area contributed by atoms with Crippen molar-refractivity contribution in [3.63, 3.8) is 0 Å². The third-order valence-corrected chi connectivity index (χ3v) is 9.74. The lowest BCUT2D eigenvalue weighted by atomic mass is 10.2. The smallest absolute Gasteiger partial charge is 0.251 e. The molecular formula is C24H28ClN5O4S2. The molecule has 5 rings (SSSR count). The van der Waals surface area contributed by atoms with E-state index in [-0.39, 0.29) is 10.8 Å². The topological polar surface area (TPSA) is 95.1 Å². The molecule has 3 aromatic rings. The summed E-state index contributed by atoms with van der Waals surface area (Å²) in [6.45, 7) is 6.23. The van der Waals surface area contributed by atoms with Crippen LogP contribution in [0, 0.1) is 0 Å². The number of piperazine rings is 1. The lowest BCUT2D eigenvalue weighted by molar-refractivity contribution is 0.0730. The van der Waals surface area contributed by atoms with Crippen molar-refractivity contribution in [2.75, 3.05) is 70.5 Å². The Morgan fingerprint density at radius 3 is 2.44 bits per heavy atom. The molecule has 3 heterocycles. The standard InChI is InChI=1S/C24H28ClN5O4S2/c25-20-2-1-3-21-22(20)27-24(35-21)29-12-10-28(11-13-29)9-8-26-23(31)18-4-6-19(7-5-18)36(32,33)30-14-16-34-17-15-30/h1-7H,8-17H2,(H,26,31). The number of sulfonamides is 1. The molecule has 1 N–H and O–H groups in total. The molecule has 0 unspecified atom stereocenters. The molecule has 9 nitrogen and oxygen atoms in total. The van der Waals surface area contributed by atoms with Gasteiger partial charge in [-0.1, -0.05) is 29.0 Å². The second kappa shape index (κ2) is 11.0. The maximum Gasteiger partial charge on any atom is 0.251 e. The first kappa shape index (κ1) is 25.4. The van der Waals surface area contributed by atoms with Gasteiger partial charge in [-0.2, -0.15) is 4.31 Å². The summed E-state index contributed by atoms with van der Waals surface area (Å²) in [5, 5.41) is 4.61. The third kappa shape index (κ3) is 5.51.